The average Bonchev–Trinajstić information content (AvgIpc) is 3.11. The fourth-order valence-electron chi connectivity index (χ4n) is 5.66. The van der Waals surface area contributed by atoms with E-state index in [1.54, 1.807) is 0 Å². The fraction of sp³-hybridized carbons (Fsp3) is 0.778. The Morgan fingerprint density at radius 2 is 0.840 bits per heavy atom. The van der Waals surface area contributed by atoms with Crippen LogP contribution in [0.25, 0.3) is 0 Å². The molecule has 0 spiro atoms. The van der Waals surface area contributed by atoms with E-state index in [0.717, 1.165) is 77.3 Å². The van der Waals surface area contributed by atoms with E-state index in [9.17, 15) is 9.59 Å². The highest BCUT2D eigenvalue weighted by molar-refractivity contribution is 5.70. The fourth-order valence-corrected chi connectivity index (χ4v) is 5.66. The number of unbranched alkanes of at least 4 members (excludes halogenated alkanes) is 17. The maximum atomic E-state index is 12.7. The largest absolute Gasteiger partial charge is 0.462 e. The molecular formula is C45H81NO4. The first-order valence-corrected chi connectivity index (χ1v) is 21.2. The number of carbonyl (C=O) groups excluding carboxylic acids is 2. The third-order valence-electron chi connectivity index (χ3n) is 9.06. The molecule has 0 aliphatic heterocycles. The van der Waals surface area contributed by atoms with E-state index in [2.05, 4.69) is 81.3 Å². The summed E-state index contributed by atoms with van der Waals surface area (Å²) in [5, 5.41) is 0. The van der Waals surface area contributed by atoms with Crippen molar-refractivity contribution in [2.45, 2.75) is 200 Å². The SMILES string of the molecule is CCCCC/C=C\CCCC/C=C\CCCCC(=O)OC[C@H](CCN(C)CCCC)OC(=O)CCCC/C=C\CCCC/C=C\CCCCC. The van der Waals surface area contributed by atoms with Crippen LogP contribution >= 0.6 is 0 Å². The second kappa shape index (κ2) is 39.6. The molecule has 0 unspecified atom stereocenters. The molecule has 0 heterocycles. The topological polar surface area (TPSA) is 55.8 Å². The molecule has 1 atom stereocenters. The van der Waals surface area contributed by atoms with Crippen LogP contribution < -0.4 is 0 Å². The van der Waals surface area contributed by atoms with E-state index in [0.29, 0.717) is 19.3 Å². The van der Waals surface area contributed by atoms with Crippen LogP contribution in [-0.2, 0) is 19.1 Å². The molecule has 0 rings (SSSR count). The van der Waals surface area contributed by atoms with Crippen LogP contribution in [0.2, 0.25) is 0 Å². The molecule has 5 heteroatoms. The predicted molar refractivity (Wildman–Crippen MR) is 217 cm³/mol. The summed E-state index contributed by atoms with van der Waals surface area (Å²) in [5.74, 6) is -0.373. The second-order valence-corrected chi connectivity index (χ2v) is 14.2. The highest BCUT2D eigenvalue weighted by atomic mass is 16.6. The lowest BCUT2D eigenvalue weighted by atomic mass is 10.1. The number of allylic oxidation sites excluding steroid dienone is 8. The molecule has 0 aromatic heterocycles. The second-order valence-electron chi connectivity index (χ2n) is 14.2. The molecule has 50 heavy (non-hydrogen) atoms. The Morgan fingerprint density at radius 1 is 0.480 bits per heavy atom. The molecule has 0 aliphatic rings. The van der Waals surface area contributed by atoms with Gasteiger partial charge in [0.05, 0.1) is 0 Å². The Morgan fingerprint density at radius 3 is 1.24 bits per heavy atom. The lowest BCUT2D eigenvalue weighted by Crippen LogP contribution is -2.30. The van der Waals surface area contributed by atoms with E-state index in [-0.39, 0.29) is 24.6 Å². The molecule has 0 bridgehead atoms. The first-order chi connectivity index (χ1) is 24.5. The molecule has 5 nitrogen and oxygen atoms in total. The third-order valence-corrected chi connectivity index (χ3v) is 9.06. The van der Waals surface area contributed by atoms with Gasteiger partial charge in [-0.05, 0) is 136 Å². The minimum Gasteiger partial charge on any atom is -0.462 e. The van der Waals surface area contributed by atoms with Crippen molar-refractivity contribution in [2.24, 2.45) is 0 Å². The van der Waals surface area contributed by atoms with Gasteiger partial charge in [0.25, 0.3) is 0 Å². The Labute approximate surface area is 310 Å². The standard InChI is InChI=1S/C45H81NO4/c1-5-8-11-13-15-17-19-21-23-25-27-29-31-33-35-37-44(47)49-42-43(39-41-46(4)40-10-7-3)50-45(48)38-36-34-32-30-28-26-24-22-20-18-16-14-12-9-6-2/h15-18,27-30,43H,5-14,19-26,31-42H2,1-4H3/b17-15-,18-16-,29-27-,30-28-/t43-/m0/s1. The van der Waals surface area contributed by atoms with Gasteiger partial charge >= 0.3 is 11.9 Å². The monoisotopic (exact) mass is 700 g/mol. The van der Waals surface area contributed by atoms with Crippen LogP contribution in [0.3, 0.4) is 0 Å². The minimum absolute atomic E-state index is 0.150. The minimum atomic E-state index is -0.388. The molecular weight excluding hydrogens is 618 g/mol. The van der Waals surface area contributed by atoms with Gasteiger partial charge in [-0.1, -0.05) is 101 Å². The summed E-state index contributed by atoms with van der Waals surface area (Å²) in [4.78, 5) is 27.4. The zero-order chi connectivity index (χ0) is 36.6. The smallest absolute Gasteiger partial charge is 0.306 e. The molecule has 290 valence electrons. The van der Waals surface area contributed by atoms with Crippen molar-refractivity contribution in [3.05, 3.63) is 48.6 Å². The number of carbonyl (C=O) groups is 2. The number of hydrogen-bond donors (Lipinski definition) is 0. The summed E-state index contributed by atoms with van der Waals surface area (Å²) in [6.45, 7) is 8.68. The molecule has 0 fully saturated rings. The van der Waals surface area contributed by atoms with Gasteiger partial charge in [-0.2, -0.15) is 0 Å². The summed E-state index contributed by atoms with van der Waals surface area (Å²) in [7, 11) is 2.10. The van der Waals surface area contributed by atoms with E-state index in [4.69, 9.17) is 9.47 Å². The molecule has 0 aliphatic carbocycles. The van der Waals surface area contributed by atoms with Gasteiger partial charge in [-0.3, -0.25) is 9.59 Å². The Hall–Kier alpha value is -2.14. The first-order valence-electron chi connectivity index (χ1n) is 21.2. The Kier molecular flexibility index (Phi) is 37.9. The number of esters is 2. The first kappa shape index (κ1) is 47.9. The van der Waals surface area contributed by atoms with Gasteiger partial charge < -0.3 is 14.4 Å². The van der Waals surface area contributed by atoms with Crippen molar-refractivity contribution in [1.82, 2.24) is 4.90 Å². The highest BCUT2D eigenvalue weighted by Gasteiger charge is 2.18. The molecule has 0 aromatic carbocycles. The van der Waals surface area contributed by atoms with Crippen molar-refractivity contribution >= 4 is 11.9 Å². The number of rotatable bonds is 37. The summed E-state index contributed by atoms with van der Waals surface area (Å²) in [5.41, 5.74) is 0. The van der Waals surface area contributed by atoms with E-state index < -0.39 is 0 Å². The van der Waals surface area contributed by atoms with Gasteiger partial charge in [-0.15, -0.1) is 0 Å². The van der Waals surface area contributed by atoms with Crippen molar-refractivity contribution in [3.8, 4) is 0 Å². The predicted octanol–water partition coefficient (Wildman–Crippen LogP) is 13.2. The quantitative estimate of drug-likeness (QED) is 0.0367. The molecule has 0 amide bonds. The zero-order valence-electron chi connectivity index (χ0n) is 33.5. The molecule has 0 saturated heterocycles. The van der Waals surface area contributed by atoms with Gasteiger partial charge in [0.2, 0.25) is 0 Å². The van der Waals surface area contributed by atoms with Gasteiger partial charge in [0.1, 0.15) is 12.7 Å². The van der Waals surface area contributed by atoms with Crippen molar-refractivity contribution in [3.63, 3.8) is 0 Å². The van der Waals surface area contributed by atoms with E-state index in [1.165, 1.54) is 89.9 Å². The summed E-state index contributed by atoms with van der Waals surface area (Å²) in [6, 6.07) is 0. The van der Waals surface area contributed by atoms with Crippen LogP contribution in [-0.4, -0.2) is 49.7 Å². The summed E-state index contributed by atoms with van der Waals surface area (Å²) >= 11 is 0. The van der Waals surface area contributed by atoms with Crippen LogP contribution in [0.15, 0.2) is 48.6 Å². The van der Waals surface area contributed by atoms with Crippen LogP contribution in [0.5, 0.6) is 0 Å². The maximum Gasteiger partial charge on any atom is 0.306 e. The number of nitrogens with zero attached hydrogens (tertiary/aromatic N) is 1. The molecule has 0 radical (unpaired) electrons. The third kappa shape index (κ3) is 37.1. The molecule has 0 N–H and O–H groups in total. The van der Waals surface area contributed by atoms with Crippen LogP contribution in [0, 0.1) is 0 Å². The molecule has 0 saturated carbocycles. The van der Waals surface area contributed by atoms with Crippen LogP contribution in [0.1, 0.15) is 194 Å². The lowest BCUT2D eigenvalue weighted by molar-refractivity contribution is -0.159. The lowest BCUT2D eigenvalue weighted by Gasteiger charge is -2.22. The van der Waals surface area contributed by atoms with Gasteiger partial charge in [0.15, 0.2) is 0 Å². The maximum absolute atomic E-state index is 12.7. The Balaban J connectivity index is 4.17. The van der Waals surface area contributed by atoms with Gasteiger partial charge in [0, 0.05) is 25.8 Å². The zero-order valence-corrected chi connectivity index (χ0v) is 33.5. The Bertz CT molecular complexity index is 861. The van der Waals surface area contributed by atoms with Crippen molar-refractivity contribution in [1.29, 1.82) is 0 Å². The number of hydrogen-bond acceptors (Lipinski definition) is 5. The summed E-state index contributed by atoms with van der Waals surface area (Å²) < 4.78 is 11.4. The van der Waals surface area contributed by atoms with E-state index in [1.807, 2.05) is 0 Å². The number of ether oxygens (including phenoxy) is 2. The van der Waals surface area contributed by atoms with Crippen LogP contribution in [0.4, 0.5) is 0 Å². The average molecular weight is 700 g/mol. The van der Waals surface area contributed by atoms with E-state index >= 15 is 0 Å². The normalized spacial score (nSPS) is 12.7. The molecule has 0 aromatic rings. The van der Waals surface area contributed by atoms with Crippen molar-refractivity contribution < 1.29 is 19.1 Å². The van der Waals surface area contributed by atoms with Gasteiger partial charge in [-0.25, -0.2) is 0 Å². The highest BCUT2D eigenvalue weighted by Crippen LogP contribution is 2.11. The summed E-state index contributed by atoms with van der Waals surface area (Å²) in [6.07, 6.45) is 47.4. The van der Waals surface area contributed by atoms with Crippen molar-refractivity contribution in [2.75, 3.05) is 26.7 Å².